The first kappa shape index (κ1) is 17.6. The maximum Gasteiger partial charge on any atom is 0.250 e. The van der Waals surface area contributed by atoms with E-state index in [1.807, 2.05) is 35.8 Å². The summed E-state index contributed by atoms with van der Waals surface area (Å²) in [6, 6.07) is 8.42. The molecular formula is C19H20N4O3. The molecule has 7 nitrogen and oxygen atoms in total. The summed E-state index contributed by atoms with van der Waals surface area (Å²) in [5, 5.41) is 3.65. The first-order valence-electron chi connectivity index (χ1n) is 8.43. The van der Waals surface area contributed by atoms with Crippen LogP contribution in [0.1, 0.15) is 42.4 Å². The Morgan fingerprint density at radius 3 is 2.77 bits per heavy atom. The zero-order valence-electron chi connectivity index (χ0n) is 14.7. The lowest BCUT2D eigenvalue weighted by Gasteiger charge is -2.18. The topological polar surface area (TPSA) is 96.8 Å². The lowest BCUT2D eigenvalue weighted by atomic mass is 10.1. The van der Waals surface area contributed by atoms with Crippen LogP contribution in [0.15, 0.2) is 47.7 Å². The highest BCUT2D eigenvalue weighted by Crippen LogP contribution is 2.26. The molecule has 2 N–H and O–H groups in total. The van der Waals surface area contributed by atoms with E-state index in [1.165, 1.54) is 19.3 Å². The molecule has 0 radical (unpaired) electrons. The van der Waals surface area contributed by atoms with E-state index in [-0.39, 0.29) is 23.8 Å². The number of rotatable bonds is 6. The number of amides is 1. The summed E-state index contributed by atoms with van der Waals surface area (Å²) in [6.45, 7) is 3.60. The summed E-state index contributed by atoms with van der Waals surface area (Å²) >= 11 is 0. The van der Waals surface area contributed by atoms with E-state index in [1.54, 1.807) is 6.20 Å². The molecule has 0 saturated carbocycles. The fourth-order valence-corrected chi connectivity index (χ4v) is 3.05. The molecule has 1 aromatic carbocycles. The van der Waals surface area contributed by atoms with E-state index in [0.29, 0.717) is 17.7 Å². The van der Waals surface area contributed by atoms with Crippen molar-refractivity contribution in [2.75, 3.05) is 0 Å². The maximum atomic E-state index is 12.7. The molecule has 7 heteroatoms. The van der Waals surface area contributed by atoms with Crippen molar-refractivity contribution < 1.29 is 9.59 Å². The van der Waals surface area contributed by atoms with E-state index >= 15 is 0 Å². The summed E-state index contributed by atoms with van der Waals surface area (Å²) in [5.41, 5.74) is 1.66. The van der Waals surface area contributed by atoms with Crippen LogP contribution in [0.3, 0.4) is 0 Å². The van der Waals surface area contributed by atoms with Crippen molar-refractivity contribution in [1.82, 2.24) is 19.9 Å². The Morgan fingerprint density at radius 2 is 2.08 bits per heavy atom. The van der Waals surface area contributed by atoms with Crippen LogP contribution in [0.25, 0.3) is 10.9 Å². The second-order valence-corrected chi connectivity index (χ2v) is 6.07. The molecule has 0 aliphatic carbocycles. The van der Waals surface area contributed by atoms with Gasteiger partial charge in [-0.1, -0.05) is 25.1 Å². The van der Waals surface area contributed by atoms with Crippen molar-refractivity contribution in [3.05, 3.63) is 64.5 Å². The Kier molecular flexibility index (Phi) is 4.97. The van der Waals surface area contributed by atoms with Gasteiger partial charge in [0, 0.05) is 28.7 Å². The standard InChI is InChI=1S/C19H20N4O3/c1-3-16(19(26)20-9-13-8-18(25)22-11-21-13)23-10-15(12(2)24)14-6-4-5-7-17(14)23/h4-8,10-11,16H,3,9H2,1-2H3,(H,20,26)(H,21,22,25). The lowest BCUT2D eigenvalue weighted by molar-refractivity contribution is -0.124. The number of carbonyl (C=O) groups is 2. The molecule has 3 aromatic rings. The van der Waals surface area contributed by atoms with Gasteiger partial charge in [0.1, 0.15) is 6.04 Å². The molecule has 134 valence electrons. The number of fused-ring (bicyclic) bond motifs is 1. The van der Waals surface area contributed by atoms with Gasteiger partial charge in [-0.05, 0) is 19.4 Å². The Hall–Kier alpha value is -3.22. The third-order valence-electron chi connectivity index (χ3n) is 4.32. The summed E-state index contributed by atoms with van der Waals surface area (Å²) in [7, 11) is 0. The Morgan fingerprint density at radius 1 is 1.31 bits per heavy atom. The number of carbonyl (C=O) groups excluding carboxylic acids is 2. The van der Waals surface area contributed by atoms with Crippen LogP contribution in [0.2, 0.25) is 0 Å². The van der Waals surface area contributed by atoms with Crippen LogP contribution in [0, 0.1) is 0 Å². The second-order valence-electron chi connectivity index (χ2n) is 6.07. The zero-order chi connectivity index (χ0) is 18.7. The number of aromatic nitrogens is 3. The molecule has 0 spiro atoms. The van der Waals surface area contributed by atoms with Gasteiger partial charge in [0.25, 0.3) is 5.56 Å². The molecule has 0 bridgehead atoms. The minimum Gasteiger partial charge on any atom is -0.349 e. The molecule has 1 amide bonds. The highest BCUT2D eigenvalue weighted by molar-refractivity contribution is 6.07. The zero-order valence-corrected chi connectivity index (χ0v) is 14.7. The molecule has 26 heavy (non-hydrogen) atoms. The number of nitrogens with one attached hydrogen (secondary N) is 2. The number of H-pyrrole nitrogens is 1. The number of hydrogen-bond donors (Lipinski definition) is 2. The van der Waals surface area contributed by atoms with E-state index in [4.69, 9.17) is 0 Å². The van der Waals surface area contributed by atoms with Crippen LogP contribution in [-0.2, 0) is 11.3 Å². The van der Waals surface area contributed by atoms with E-state index < -0.39 is 6.04 Å². The monoisotopic (exact) mass is 352 g/mol. The molecule has 2 aromatic heterocycles. The van der Waals surface area contributed by atoms with Crippen LogP contribution < -0.4 is 10.9 Å². The summed E-state index contributed by atoms with van der Waals surface area (Å²) in [5.74, 6) is -0.228. The second kappa shape index (κ2) is 7.35. The number of ketones is 1. The van der Waals surface area contributed by atoms with Gasteiger partial charge in [-0.25, -0.2) is 4.98 Å². The molecule has 1 unspecified atom stereocenters. The Bertz CT molecular complexity index is 1020. The van der Waals surface area contributed by atoms with E-state index in [2.05, 4.69) is 15.3 Å². The largest absolute Gasteiger partial charge is 0.349 e. The number of Topliss-reactive ketones (excluding diaryl/α,β-unsaturated/α-hetero) is 1. The SMILES string of the molecule is CCC(C(=O)NCc1cc(=O)[nH]cn1)n1cc(C(C)=O)c2ccccc21. The summed E-state index contributed by atoms with van der Waals surface area (Å²) < 4.78 is 1.84. The minimum absolute atomic E-state index is 0.0390. The molecule has 3 rings (SSSR count). The molecule has 1 atom stereocenters. The third kappa shape index (κ3) is 3.42. The Labute approximate surface area is 150 Å². The van der Waals surface area contributed by atoms with Gasteiger partial charge in [-0.3, -0.25) is 14.4 Å². The van der Waals surface area contributed by atoms with E-state index in [9.17, 15) is 14.4 Å². The fourth-order valence-electron chi connectivity index (χ4n) is 3.05. The normalized spacial score (nSPS) is 12.1. The van der Waals surface area contributed by atoms with Gasteiger partial charge in [0.05, 0.1) is 18.6 Å². The molecule has 0 fully saturated rings. The molecule has 2 heterocycles. The van der Waals surface area contributed by atoms with Crippen molar-refractivity contribution >= 4 is 22.6 Å². The Balaban J connectivity index is 1.88. The number of nitrogens with zero attached hydrogens (tertiary/aromatic N) is 2. The fraction of sp³-hybridized carbons (Fsp3) is 0.263. The van der Waals surface area contributed by atoms with Gasteiger partial charge in [-0.15, -0.1) is 0 Å². The molecule has 0 aliphatic heterocycles. The average Bonchev–Trinajstić information content (AvgIpc) is 3.01. The van der Waals surface area contributed by atoms with Crippen molar-refractivity contribution in [2.45, 2.75) is 32.9 Å². The van der Waals surface area contributed by atoms with Gasteiger partial charge in [0.15, 0.2) is 5.78 Å². The summed E-state index contributed by atoms with van der Waals surface area (Å²) in [6.07, 6.45) is 3.61. The van der Waals surface area contributed by atoms with Gasteiger partial charge >= 0.3 is 0 Å². The first-order chi connectivity index (χ1) is 12.5. The predicted molar refractivity (Wildman–Crippen MR) is 98.0 cm³/mol. The molecular weight excluding hydrogens is 332 g/mol. The maximum absolute atomic E-state index is 12.7. The molecule has 0 aliphatic rings. The smallest absolute Gasteiger partial charge is 0.250 e. The predicted octanol–water partition coefficient (Wildman–Crippen LogP) is 2.19. The number of hydrogen-bond acceptors (Lipinski definition) is 4. The lowest BCUT2D eigenvalue weighted by Crippen LogP contribution is -2.32. The average molecular weight is 352 g/mol. The van der Waals surface area contributed by atoms with Gasteiger partial charge < -0.3 is 14.9 Å². The third-order valence-corrected chi connectivity index (χ3v) is 4.32. The number of para-hydroxylation sites is 1. The van der Waals surface area contributed by atoms with Crippen molar-refractivity contribution in [3.63, 3.8) is 0 Å². The first-order valence-corrected chi connectivity index (χ1v) is 8.43. The quantitative estimate of drug-likeness (QED) is 0.665. The highest BCUT2D eigenvalue weighted by Gasteiger charge is 2.22. The van der Waals surface area contributed by atoms with Crippen molar-refractivity contribution in [3.8, 4) is 0 Å². The number of benzene rings is 1. The van der Waals surface area contributed by atoms with Crippen molar-refractivity contribution in [1.29, 1.82) is 0 Å². The van der Waals surface area contributed by atoms with Crippen molar-refractivity contribution in [2.24, 2.45) is 0 Å². The van der Waals surface area contributed by atoms with Gasteiger partial charge in [0.2, 0.25) is 5.91 Å². The van der Waals surface area contributed by atoms with E-state index in [0.717, 1.165) is 10.9 Å². The van der Waals surface area contributed by atoms with Crippen LogP contribution >= 0.6 is 0 Å². The highest BCUT2D eigenvalue weighted by atomic mass is 16.2. The van der Waals surface area contributed by atoms with Crippen LogP contribution in [0.4, 0.5) is 0 Å². The van der Waals surface area contributed by atoms with Gasteiger partial charge in [-0.2, -0.15) is 0 Å². The number of aromatic amines is 1. The van der Waals surface area contributed by atoms with Crippen LogP contribution in [-0.4, -0.2) is 26.2 Å². The minimum atomic E-state index is -0.463. The summed E-state index contributed by atoms with van der Waals surface area (Å²) in [4.78, 5) is 42.4. The molecule has 0 saturated heterocycles. The van der Waals surface area contributed by atoms with Crippen LogP contribution in [0.5, 0.6) is 0 Å².